The van der Waals surface area contributed by atoms with Crippen molar-refractivity contribution in [3.63, 3.8) is 0 Å². The predicted molar refractivity (Wildman–Crippen MR) is 114 cm³/mol. The number of ether oxygens (including phenoxy) is 1. The Balaban J connectivity index is 1.70. The van der Waals surface area contributed by atoms with Crippen LogP contribution in [0.2, 0.25) is 5.02 Å². The molecule has 2 heterocycles. The van der Waals surface area contributed by atoms with Gasteiger partial charge in [0, 0.05) is 37.4 Å². The highest BCUT2D eigenvalue weighted by Crippen LogP contribution is 2.23. The van der Waals surface area contributed by atoms with Gasteiger partial charge in [0.2, 0.25) is 0 Å². The van der Waals surface area contributed by atoms with Crippen molar-refractivity contribution in [2.75, 3.05) is 39.4 Å². The van der Waals surface area contributed by atoms with Gasteiger partial charge in [0.25, 0.3) is 0 Å². The quantitative estimate of drug-likeness (QED) is 0.551. The van der Waals surface area contributed by atoms with Crippen molar-refractivity contribution >= 4 is 17.6 Å². The van der Waals surface area contributed by atoms with Gasteiger partial charge in [0.05, 0.1) is 31.5 Å². The molecule has 1 fully saturated rings. The number of rotatable bonds is 7. The van der Waals surface area contributed by atoms with Crippen molar-refractivity contribution in [3.05, 3.63) is 64.9 Å². The standard InChI is InChI=1S/C21H28ClN5O/c1-2-23-21(25-15-19-8-3-4-9-24-19)26-16-20(27-10-12-28-13-11-27)17-6-5-7-18(22)14-17/h3-9,14,20H,2,10-13,15-16H2,1H3,(H2,23,25,26). The Kier molecular flexibility index (Phi) is 8.08. The number of nitrogens with zero attached hydrogens (tertiary/aromatic N) is 3. The molecule has 0 radical (unpaired) electrons. The van der Waals surface area contributed by atoms with Crippen molar-refractivity contribution in [1.29, 1.82) is 0 Å². The molecule has 0 aliphatic carbocycles. The molecule has 1 aromatic heterocycles. The van der Waals surface area contributed by atoms with Crippen LogP contribution in [0.25, 0.3) is 0 Å². The summed E-state index contributed by atoms with van der Waals surface area (Å²) in [6, 6.07) is 14.2. The maximum atomic E-state index is 6.25. The molecule has 6 nitrogen and oxygen atoms in total. The molecule has 1 aromatic carbocycles. The Hall–Kier alpha value is -2.15. The number of hydrogen-bond donors (Lipinski definition) is 2. The third-order valence-corrected chi connectivity index (χ3v) is 4.89. The Morgan fingerprint density at radius 2 is 2.07 bits per heavy atom. The van der Waals surface area contributed by atoms with Gasteiger partial charge in [-0.15, -0.1) is 0 Å². The topological polar surface area (TPSA) is 61.8 Å². The van der Waals surface area contributed by atoms with E-state index in [-0.39, 0.29) is 6.04 Å². The van der Waals surface area contributed by atoms with Crippen LogP contribution in [0.1, 0.15) is 24.2 Å². The summed E-state index contributed by atoms with van der Waals surface area (Å²) in [5, 5.41) is 7.56. The number of morpholine rings is 1. The summed E-state index contributed by atoms with van der Waals surface area (Å²) in [6.45, 7) is 7.45. The number of nitrogens with one attached hydrogen (secondary N) is 2. The van der Waals surface area contributed by atoms with Gasteiger partial charge in [-0.2, -0.15) is 0 Å². The van der Waals surface area contributed by atoms with Crippen molar-refractivity contribution in [3.8, 4) is 0 Å². The Morgan fingerprint density at radius 1 is 1.21 bits per heavy atom. The molecule has 1 aliphatic heterocycles. The van der Waals surface area contributed by atoms with Crippen LogP contribution in [-0.4, -0.2) is 55.2 Å². The van der Waals surface area contributed by atoms with Gasteiger partial charge >= 0.3 is 0 Å². The molecule has 1 atom stereocenters. The highest BCUT2D eigenvalue weighted by molar-refractivity contribution is 6.30. The summed E-state index contributed by atoms with van der Waals surface area (Å²) in [7, 11) is 0. The molecule has 1 unspecified atom stereocenters. The summed E-state index contributed by atoms with van der Waals surface area (Å²) in [4.78, 5) is 11.4. The van der Waals surface area contributed by atoms with E-state index in [1.807, 2.05) is 36.4 Å². The van der Waals surface area contributed by atoms with Gasteiger partial charge in [-0.1, -0.05) is 29.8 Å². The van der Waals surface area contributed by atoms with Gasteiger partial charge in [-0.25, -0.2) is 4.99 Å². The molecular weight excluding hydrogens is 374 g/mol. The third kappa shape index (κ3) is 6.19. The Morgan fingerprint density at radius 3 is 2.79 bits per heavy atom. The van der Waals surface area contributed by atoms with Crippen LogP contribution < -0.4 is 10.6 Å². The first-order chi connectivity index (χ1) is 13.8. The van der Waals surface area contributed by atoms with E-state index in [0.29, 0.717) is 6.54 Å². The van der Waals surface area contributed by atoms with Crippen LogP contribution in [0, 0.1) is 0 Å². The molecule has 3 rings (SSSR count). The number of hydrogen-bond acceptors (Lipinski definition) is 4. The number of benzene rings is 1. The van der Waals surface area contributed by atoms with E-state index in [1.165, 1.54) is 5.56 Å². The fraction of sp³-hybridized carbons (Fsp3) is 0.429. The van der Waals surface area contributed by atoms with Gasteiger partial charge in [-0.3, -0.25) is 9.88 Å². The van der Waals surface area contributed by atoms with E-state index in [2.05, 4.69) is 38.5 Å². The summed E-state index contributed by atoms with van der Waals surface area (Å²) in [5.41, 5.74) is 2.14. The zero-order valence-corrected chi connectivity index (χ0v) is 17.0. The second kappa shape index (κ2) is 11.0. The number of halogens is 1. The molecule has 1 aliphatic rings. The van der Waals surface area contributed by atoms with Gasteiger partial charge < -0.3 is 15.4 Å². The van der Waals surface area contributed by atoms with Crippen LogP contribution in [0.4, 0.5) is 0 Å². The molecule has 1 saturated heterocycles. The van der Waals surface area contributed by atoms with E-state index < -0.39 is 0 Å². The van der Waals surface area contributed by atoms with E-state index in [0.717, 1.165) is 56.1 Å². The van der Waals surface area contributed by atoms with E-state index in [1.54, 1.807) is 6.20 Å². The fourth-order valence-electron chi connectivity index (χ4n) is 3.25. The largest absolute Gasteiger partial charge is 0.379 e. The van der Waals surface area contributed by atoms with Crippen LogP contribution in [0.3, 0.4) is 0 Å². The second-order valence-electron chi connectivity index (χ2n) is 6.62. The van der Waals surface area contributed by atoms with Crippen molar-refractivity contribution < 1.29 is 4.74 Å². The minimum absolute atomic E-state index is 0.196. The minimum Gasteiger partial charge on any atom is -0.379 e. The Labute approximate surface area is 172 Å². The van der Waals surface area contributed by atoms with Crippen LogP contribution in [0.5, 0.6) is 0 Å². The first-order valence-corrected chi connectivity index (χ1v) is 10.1. The lowest BCUT2D eigenvalue weighted by Gasteiger charge is -2.35. The van der Waals surface area contributed by atoms with Crippen LogP contribution in [0.15, 0.2) is 53.7 Å². The van der Waals surface area contributed by atoms with Gasteiger partial charge in [0.15, 0.2) is 5.96 Å². The summed E-state index contributed by atoms with van der Waals surface area (Å²) >= 11 is 6.25. The first kappa shape index (κ1) is 20.6. The second-order valence-corrected chi connectivity index (χ2v) is 7.05. The zero-order chi connectivity index (χ0) is 19.6. The minimum atomic E-state index is 0.196. The highest BCUT2D eigenvalue weighted by Gasteiger charge is 2.23. The summed E-state index contributed by atoms with van der Waals surface area (Å²) in [6.07, 6.45) is 1.79. The Bertz CT molecular complexity index is 749. The molecule has 150 valence electrons. The first-order valence-electron chi connectivity index (χ1n) is 9.75. The summed E-state index contributed by atoms with van der Waals surface area (Å²) < 4.78 is 5.53. The van der Waals surface area contributed by atoms with E-state index in [9.17, 15) is 0 Å². The van der Waals surface area contributed by atoms with E-state index >= 15 is 0 Å². The average molecular weight is 402 g/mol. The summed E-state index contributed by atoms with van der Waals surface area (Å²) in [5.74, 6) is 0.786. The third-order valence-electron chi connectivity index (χ3n) is 4.65. The van der Waals surface area contributed by atoms with Gasteiger partial charge in [0.1, 0.15) is 0 Å². The molecule has 2 aromatic rings. The maximum absolute atomic E-state index is 6.25. The predicted octanol–water partition coefficient (Wildman–Crippen LogP) is 2.86. The number of pyridine rings is 1. The van der Waals surface area contributed by atoms with Crippen LogP contribution >= 0.6 is 11.6 Å². The molecule has 0 spiro atoms. The lowest BCUT2D eigenvalue weighted by atomic mass is 10.0. The van der Waals surface area contributed by atoms with Gasteiger partial charge in [-0.05, 0) is 36.8 Å². The number of aromatic nitrogens is 1. The van der Waals surface area contributed by atoms with Crippen molar-refractivity contribution in [2.24, 2.45) is 4.99 Å². The lowest BCUT2D eigenvalue weighted by Crippen LogP contribution is -2.46. The molecule has 0 saturated carbocycles. The smallest absolute Gasteiger partial charge is 0.191 e. The normalized spacial score (nSPS) is 16.6. The SMILES string of the molecule is CCNC(=NCc1ccccn1)NCC(c1cccc(Cl)c1)N1CCOCC1. The van der Waals surface area contributed by atoms with E-state index in [4.69, 9.17) is 16.3 Å². The molecular formula is C21H28ClN5O. The molecule has 2 N–H and O–H groups in total. The molecule has 0 amide bonds. The highest BCUT2D eigenvalue weighted by atomic mass is 35.5. The zero-order valence-electron chi connectivity index (χ0n) is 16.3. The van der Waals surface area contributed by atoms with Crippen LogP contribution in [-0.2, 0) is 11.3 Å². The van der Waals surface area contributed by atoms with Crippen molar-refractivity contribution in [1.82, 2.24) is 20.5 Å². The number of guanidine groups is 1. The maximum Gasteiger partial charge on any atom is 0.191 e. The average Bonchev–Trinajstić information content (AvgIpc) is 2.74. The molecule has 0 bridgehead atoms. The monoisotopic (exact) mass is 401 g/mol. The van der Waals surface area contributed by atoms with Crippen molar-refractivity contribution in [2.45, 2.75) is 19.5 Å². The molecule has 28 heavy (non-hydrogen) atoms. The molecule has 7 heteroatoms. The number of aliphatic imine (C=N–C) groups is 1. The fourth-order valence-corrected chi connectivity index (χ4v) is 3.45. The lowest BCUT2D eigenvalue weighted by molar-refractivity contribution is 0.0170.